The normalized spacial score (nSPS) is 15.5. The number of benzene rings is 1. The Bertz CT molecular complexity index is 701. The number of carbonyl (C=O) groups is 1. The van der Waals surface area contributed by atoms with Gasteiger partial charge in [-0.15, -0.1) is 0 Å². The van der Waals surface area contributed by atoms with Crippen molar-refractivity contribution >= 4 is 27.5 Å². The van der Waals surface area contributed by atoms with E-state index in [1.807, 2.05) is 11.8 Å². The number of nitrogens with zero attached hydrogens (tertiary/aromatic N) is 1. The van der Waals surface area contributed by atoms with E-state index >= 15 is 0 Å². The van der Waals surface area contributed by atoms with E-state index in [2.05, 4.69) is 4.72 Å². The summed E-state index contributed by atoms with van der Waals surface area (Å²) in [4.78, 5) is 14.2. The number of hydrogen-bond acceptors (Lipinski definition) is 4. The van der Waals surface area contributed by atoms with Crippen molar-refractivity contribution in [3.05, 3.63) is 23.2 Å². The number of hydrogen-bond donors (Lipinski definition) is 1. The molecule has 0 aromatic heterocycles. The molecule has 1 saturated heterocycles. The van der Waals surface area contributed by atoms with Gasteiger partial charge in [0.2, 0.25) is 10.0 Å². The third-order valence-corrected chi connectivity index (χ3v) is 6.10. The number of carbonyl (C=O) groups excluding carboxylic acids is 1. The van der Waals surface area contributed by atoms with E-state index in [1.54, 1.807) is 0 Å². The highest BCUT2D eigenvalue weighted by atomic mass is 35.5. The number of likely N-dealkylation sites (tertiary alicyclic amines) is 1. The lowest BCUT2D eigenvalue weighted by Crippen LogP contribution is -2.35. The van der Waals surface area contributed by atoms with Gasteiger partial charge in [0.1, 0.15) is 5.75 Å². The summed E-state index contributed by atoms with van der Waals surface area (Å²) in [5.74, 6) is 0.239. The Hall–Kier alpha value is -1.31. The highest BCUT2D eigenvalue weighted by molar-refractivity contribution is 7.89. The van der Waals surface area contributed by atoms with E-state index in [0.29, 0.717) is 12.3 Å². The molecule has 1 aliphatic heterocycles. The first-order valence-corrected chi connectivity index (χ1v) is 11.0. The van der Waals surface area contributed by atoms with E-state index in [-0.39, 0.29) is 22.4 Å². The average Bonchev–Trinajstić information content (AvgIpc) is 2.90. The van der Waals surface area contributed by atoms with Crippen LogP contribution in [0.5, 0.6) is 5.75 Å². The summed E-state index contributed by atoms with van der Waals surface area (Å²) in [6.07, 6.45) is 6.01. The first-order valence-electron chi connectivity index (χ1n) is 9.14. The van der Waals surface area contributed by atoms with Crippen molar-refractivity contribution in [3.8, 4) is 5.75 Å². The molecule has 0 unspecified atom stereocenters. The molecule has 1 N–H and O–H groups in total. The second kappa shape index (κ2) is 10.1. The average molecular weight is 403 g/mol. The molecule has 1 aliphatic rings. The van der Waals surface area contributed by atoms with E-state index in [9.17, 15) is 13.2 Å². The van der Waals surface area contributed by atoms with Crippen LogP contribution in [0, 0.1) is 0 Å². The molecule has 26 heavy (non-hydrogen) atoms. The van der Waals surface area contributed by atoms with Crippen LogP contribution in [0.25, 0.3) is 0 Å². The topological polar surface area (TPSA) is 75.7 Å². The maximum atomic E-state index is 12.3. The molecule has 0 saturated carbocycles. The SMILES string of the molecule is CCCCNS(=O)(=O)c1ccc(OCC(=O)N2CCCCCC2)c(Cl)c1. The predicted molar refractivity (Wildman–Crippen MR) is 102 cm³/mol. The molecular weight excluding hydrogens is 376 g/mol. The minimum Gasteiger partial charge on any atom is -0.482 e. The number of sulfonamides is 1. The summed E-state index contributed by atoms with van der Waals surface area (Å²) in [7, 11) is -3.59. The third kappa shape index (κ3) is 6.14. The van der Waals surface area contributed by atoms with Crippen LogP contribution in [0.1, 0.15) is 45.4 Å². The summed E-state index contributed by atoms with van der Waals surface area (Å²) in [6.45, 7) is 3.80. The number of halogens is 1. The Kier molecular flexibility index (Phi) is 8.18. The number of amides is 1. The zero-order chi connectivity index (χ0) is 19.0. The molecule has 0 atom stereocenters. The van der Waals surface area contributed by atoms with Crippen molar-refractivity contribution in [2.24, 2.45) is 0 Å². The summed E-state index contributed by atoms with van der Waals surface area (Å²) >= 11 is 6.15. The summed E-state index contributed by atoms with van der Waals surface area (Å²) in [5, 5.41) is 0.173. The van der Waals surface area contributed by atoms with Crippen LogP contribution in [0.4, 0.5) is 0 Å². The smallest absolute Gasteiger partial charge is 0.260 e. The summed E-state index contributed by atoms with van der Waals surface area (Å²) in [5.41, 5.74) is 0. The van der Waals surface area contributed by atoms with Crippen LogP contribution in [0.3, 0.4) is 0 Å². The van der Waals surface area contributed by atoms with Gasteiger partial charge in [-0.2, -0.15) is 0 Å². The van der Waals surface area contributed by atoms with Gasteiger partial charge in [0.05, 0.1) is 9.92 Å². The second-order valence-electron chi connectivity index (χ2n) is 6.43. The van der Waals surface area contributed by atoms with E-state index in [0.717, 1.165) is 51.6 Å². The molecule has 8 heteroatoms. The maximum absolute atomic E-state index is 12.3. The Labute approximate surface area is 160 Å². The molecule has 1 heterocycles. The summed E-state index contributed by atoms with van der Waals surface area (Å²) in [6, 6.07) is 4.28. The Morgan fingerprint density at radius 3 is 2.54 bits per heavy atom. The Balaban J connectivity index is 1.95. The molecule has 146 valence electrons. The molecule has 2 rings (SSSR count). The number of ether oxygens (including phenoxy) is 1. The van der Waals surface area contributed by atoms with Gasteiger partial charge in [0, 0.05) is 19.6 Å². The van der Waals surface area contributed by atoms with Crippen LogP contribution < -0.4 is 9.46 Å². The van der Waals surface area contributed by atoms with Crippen LogP contribution in [-0.2, 0) is 14.8 Å². The van der Waals surface area contributed by atoms with Crippen molar-refractivity contribution in [3.63, 3.8) is 0 Å². The van der Waals surface area contributed by atoms with Gasteiger partial charge in [0.25, 0.3) is 5.91 Å². The molecule has 0 radical (unpaired) electrons. The van der Waals surface area contributed by atoms with Crippen LogP contribution in [0.15, 0.2) is 23.1 Å². The van der Waals surface area contributed by atoms with Crippen molar-refractivity contribution in [1.82, 2.24) is 9.62 Å². The molecule has 1 fully saturated rings. The molecule has 1 aromatic carbocycles. The lowest BCUT2D eigenvalue weighted by atomic mass is 10.2. The molecule has 0 aliphatic carbocycles. The van der Waals surface area contributed by atoms with Gasteiger partial charge in [-0.05, 0) is 37.5 Å². The van der Waals surface area contributed by atoms with Crippen LogP contribution in [0.2, 0.25) is 5.02 Å². The molecule has 0 spiro atoms. The van der Waals surface area contributed by atoms with E-state index < -0.39 is 10.0 Å². The lowest BCUT2D eigenvalue weighted by molar-refractivity contribution is -0.133. The van der Waals surface area contributed by atoms with Gasteiger partial charge >= 0.3 is 0 Å². The molecule has 6 nitrogen and oxygen atoms in total. The Morgan fingerprint density at radius 2 is 1.92 bits per heavy atom. The minimum absolute atomic E-state index is 0.0686. The fourth-order valence-corrected chi connectivity index (χ4v) is 4.18. The maximum Gasteiger partial charge on any atom is 0.260 e. The molecular formula is C18H27ClN2O4S. The van der Waals surface area contributed by atoms with Gasteiger partial charge in [-0.25, -0.2) is 13.1 Å². The second-order valence-corrected chi connectivity index (χ2v) is 8.60. The highest BCUT2D eigenvalue weighted by Gasteiger charge is 2.18. The van der Waals surface area contributed by atoms with Crippen molar-refractivity contribution in [1.29, 1.82) is 0 Å². The van der Waals surface area contributed by atoms with Crippen molar-refractivity contribution < 1.29 is 17.9 Å². The van der Waals surface area contributed by atoms with Gasteiger partial charge in [0.15, 0.2) is 6.61 Å². The first kappa shape index (κ1) is 21.0. The van der Waals surface area contributed by atoms with Gasteiger partial charge < -0.3 is 9.64 Å². The Morgan fingerprint density at radius 1 is 1.23 bits per heavy atom. The first-order chi connectivity index (χ1) is 12.4. The summed E-state index contributed by atoms with van der Waals surface area (Å²) < 4.78 is 32.5. The number of unbranched alkanes of at least 4 members (excludes halogenated alkanes) is 1. The monoisotopic (exact) mass is 402 g/mol. The molecule has 0 bridgehead atoms. The van der Waals surface area contributed by atoms with Crippen LogP contribution in [-0.4, -0.2) is 45.5 Å². The molecule has 1 amide bonds. The van der Waals surface area contributed by atoms with Gasteiger partial charge in [-0.1, -0.05) is 37.8 Å². The van der Waals surface area contributed by atoms with Crippen molar-refractivity contribution in [2.75, 3.05) is 26.2 Å². The third-order valence-electron chi connectivity index (χ3n) is 4.35. The highest BCUT2D eigenvalue weighted by Crippen LogP contribution is 2.27. The zero-order valence-electron chi connectivity index (χ0n) is 15.2. The lowest BCUT2D eigenvalue weighted by Gasteiger charge is -2.20. The minimum atomic E-state index is -3.59. The zero-order valence-corrected chi connectivity index (χ0v) is 16.7. The predicted octanol–water partition coefficient (Wildman–Crippen LogP) is 3.20. The van der Waals surface area contributed by atoms with Crippen LogP contribution >= 0.6 is 11.6 Å². The quantitative estimate of drug-likeness (QED) is 0.677. The fourth-order valence-electron chi connectivity index (χ4n) is 2.78. The largest absolute Gasteiger partial charge is 0.482 e. The standard InChI is InChI=1S/C18H27ClN2O4S/c1-2-3-10-20-26(23,24)15-8-9-17(16(19)13-15)25-14-18(22)21-11-6-4-5-7-12-21/h8-9,13,20H,2-7,10-12,14H2,1H3. The van der Waals surface area contributed by atoms with E-state index in [4.69, 9.17) is 16.3 Å². The number of nitrogens with one attached hydrogen (secondary N) is 1. The van der Waals surface area contributed by atoms with E-state index in [1.165, 1.54) is 18.2 Å². The molecule has 1 aromatic rings. The van der Waals surface area contributed by atoms with Gasteiger partial charge in [-0.3, -0.25) is 4.79 Å². The number of rotatable bonds is 8. The fraction of sp³-hybridized carbons (Fsp3) is 0.611. The van der Waals surface area contributed by atoms with Crippen molar-refractivity contribution in [2.45, 2.75) is 50.3 Å².